The summed E-state index contributed by atoms with van der Waals surface area (Å²) in [5.74, 6) is 0. The van der Waals surface area contributed by atoms with Crippen molar-refractivity contribution < 1.29 is 34.6 Å². The lowest BCUT2D eigenvalue weighted by atomic mass is 10.1. The predicted octanol–water partition coefficient (Wildman–Crippen LogP) is 10.5. The highest BCUT2D eigenvalue weighted by atomic mass is 32.3. The Morgan fingerprint density at radius 3 is 0.743 bits per heavy atom. The van der Waals surface area contributed by atoms with Crippen LogP contribution in [0, 0.1) is 0 Å². The molecule has 0 aromatic heterocycles. The lowest BCUT2D eigenvalue weighted by molar-refractivity contribution is -0.107. The molecule has 0 aliphatic carbocycles. The smallest absolute Gasteiger partial charge is 0.246 e. The quantitative estimate of drug-likeness (QED) is 0.0367. The molecule has 12 heteroatoms. The van der Waals surface area contributed by atoms with Crippen molar-refractivity contribution >= 4 is 88.7 Å². The molecule has 0 amide bonds. The van der Waals surface area contributed by atoms with Crippen LogP contribution in [0.25, 0.3) is 21.5 Å². The number of hydrogen-bond acceptors (Lipinski definition) is 8. The van der Waals surface area contributed by atoms with Gasteiger partial charge in [-0.05, 0) is 105 Å². The maximum Gasteiger partial charge on any atom is 0.246 e. The predicted molar refractivity (Wildman–Crippen MR) is 287 cm³/mol. The second-order valence-electron chi connectivity index (χ2n) is 16.2. The summed E-state index contributed by atoms with van der Waals surface area (Å²) in [6.45, 7) is 0. The van der Waals surface area contributed by atoms with Gasteiger partial charge < -0.3 is 9.11 Å². The monoisotopic (exact) mass is 998 g/mol. The first-order chi connectivity index (χ1) is 34.0. The molecule has 70 heavy (non-hydrogen) atoms. The third kappa shape index (κ3) is 12.0. The molecule has 0 spiro atoms. The molecule has 0 aliphatic heterocycles. The van der Waals surface area contributed by atoms with Crippen LogP contribution >= 0.6 is 14.5 Å². The van der Waals surface area contributed by atoms with Crippen LogP contribution in [0.4, 0.5) is 0 Å². The molecular formula is C58H48O8P2S2. The molecule has 10 rings (SSSR count). The van der Waals surface area contributed by atoms with Crippen molar-refractivity contribution in [3.8, 4) is 0 Å². The minimum absolute atomic E-state index is 1.01. The van der Waals surface area contributed by atoms with Crippen molar-refractivity contribution in [1.29, 1.82) is 0 Å². The Bertz CT molecular complexity index is 3040. The minimum Gasteiger partial charge on any atom is -0.724 e. The van der Waals surface area contributed by atoms with E-state index in [0.29, 0.717) is 0 Å². The second kappa shape index (κ2) is 22.8. The number of hydrogen-bond donors (Lipinski definition) is 0. The van der Waals surface area contributed by atoms with Gasteiger partial charge in [-0.15, -0.1) is 8.67 Å². The van der Waals surface area contributed by atoms with Crippen molar-refractivity contribution in [2.24, 2.45) is 0 Å². The van der Waals surface area contributed by atoms with Gasteiger partial charge in [-0.2, -0.15) is 0 Å². The Balaban J connectivity index is 0.000000158. The highest BCUT2D eigenvalue weighted by Gasteiger charge is 2.47. The molecule has 0 N–H and O–H groups in total. The standard InChI is InChI=1S/2C29H24P.H2O8S2/c2*1-4-16-26(17-5-1)30(27-18-6-2-7-19-27,28-20-8-3-9-21-28)23-25-15-12-14-24-13-10-11-22-29(24)25;1-9(2,3)7-8-10(4,5)6/h2*1-22H,23H2;(H,1,2,3)(H,4,5,6)/q2*+1;/p-2. The summed E-state index contributed by atoms with van der Waals surface area (Å²) in [6.07, 6.45) is 2.01. The van der Waals surface area contributed by atoms with E-state index in [0.717, 1.165) is 12.3 Å². The van der Waals surface area contributed by atoms with Crippen molar-refractivity contribution in [1.82, 2.24) is 0 Å². The van der Waals surface area contributed by atoms with E-state index in [1.54, 1.807) is 0 Å². The first-order valence-electron chi connectivity index (χ1n) is 22.3. The van der Waals surface area contributed by atoms with E-state index in [9.17, 15) is 25.9 Å². The van der Waals surface area contributed by atoms with E-state index in [4.69, 9.17) is 0 Å². The van der Waals surface area contributed by atoms with Crippen molar-refractivity contribution in [2.45, 2.75) is 12.3 Å². The van der Waals surface area contributed by atoms with Crippen molar-refractivity contribution in [2.75, 3.05) is 0 Å². The summed E-state index contributed by atoms with van der Waals surface area (Å²) >= 11 is 0. The zero-order chi connectivity index (χ0) is 48.9. The summed E-state index contributed by atoms with van der Waals surface area (Å²) in [6, 6.07) is 97.6. The Morgan fingerprint density at radius 2 is 0.500 bits per heavy atom. The fourth-order valence-electron chi connectivity index (χ4n) is 8.98. The van der Waals surface area contributed by atoms with Crippen LogP contribution in [0.15, 0.2) is 267 Å². The first kappa shape index (κ1) is 49.7. The molecule has 10 aromatic rings. The Kier molecular flexibility index (Phi) is 16.2. The van der Waals surface area contributed by atoms with Gasteiger partial charge in [0.15, 0.2) is 0 Å². The van der Waals surface area contributed by atoms with Crippen LogP contribution in [0.5, 0.6) is 0 Å². The molecule has 0 heterocycles. The van der Waals surface area contributed by atoms with E-state index in [1.807, 2.05) is 0 Å². The number of fused-ring (bicyclic) bond motifs is 2. The van der Waals surface area contributed by atoms with E-state index in [2.05, 4.69) is 276 Å². The van der Waals surface area contributed by atoms with Crippen LogP contribution in [0.3, 0.4) is 0 Å². The second-order valence-corrected chi connectivity index (χ2v) is 25.1. The molecular weight excluding hydrogens is 951 g/mol. The zero-order valence-corrected chi connectivity index (χ0v) is 41.2. The Labute approximate surface area is 411 Å². The summed E-state index contributed by atoms with van der Waals surface area (Å²) in [5.41, 5.74) is 2.83. The average molecular weight is 999 g/mol. The van der Waals surface area contributed by atoms with E-state index in [1.165, 1.54) is 64.5 Å². The Morgan fingerprint density at radius 1 is 0.286 bits per heavy atom. The molecule has 0 saturated heterocycles. The summed E-state index contributed by atoms with van der Waals surface area (Å²) in [5, 5.41) is 13.9. The van der Waals surface area contributed by atoms with Crippen LogP contribution in [-0.4, -0.2) is 25.9 Å². The van der Waals surface area contributed by atoms with Gasteiger partial charge in [0.05, 0.1) is 12.3 Å². The molecule has 0 fully saturated rings. The maximum atomic E-state index is 9.37. The molecule has 8 nitrogen and oxygen atoms in total. The summed E-state index contributed by atoms with van der Waals surface area (Å²) in [4.78, 5) is 0. The van der Waals surface area contributed by atoms with E-state index in [-0.39, 0.29) is 0 Å². The van der Waals surface area contributed by atoms with Gasteiger partial charge in [0.1, 0.15) is 46.4 Å². The molecule has 0 unspecified atom stereocenters. The lowest BCUT2D eigenvalue weighted by Gasteiger charge is -2.28. The van der Waals surface area contributed by atoms with Gasteiger partial charge in [-0.25, -0.2) is 16.8 Å². The third-order valence-corrected chi connectivity index (χ3v) is 21.2. The molecule has 10 aromatic carbocycles. The van der Waals surface area contributed by atoms with Crippen molar-refractivity contribution in [3.05, 3.63) is 278 Å². The fraction of sp³-hybridized carbons (Fsp3) is 0.0345. The molecule has 0 bridgehead atoms. The van der Waals surface area contributed by atoms with Crippen molar-refractivity contribution in [3.63, 3.8) is 0 Å². The topological polar surface area (TPSA) is 133 Å². The van der Waals surface area contributed by atoms with E-state index >= 15 is 0 Å². The minimum atomic E-state index is -5.31. The van der Waals surface area contributed by atoms with Gasteiger partial charge in [0.25, 0.3) is 0 Å². The number of benzene rings is 10. The summed E-state index contributed by atoms with van der Waals surface area (Å²) in [7, 11) is -14.4. The SMILES string of the molecule is O=S(=O)([O-])OOS(=O)(=O)[O-].c1ccc([P+](Cc2cccc3ccccc23)(c2ccccc2)c2ccccc2)cc1.c1ccc([P+](Cc2cccc3ccccc23)(c2ccccc2)c2ccccc2)cc1. The molecule has 0 aliphatic rings. The first-order valence-corrected chi connectivity index (χ1v) is 28.9. The van der Waals surface area contributed by atoms with Gasteiger partial charge in [-0.1, -0.05) is 194 Å². The normalized spacial score (nSPS) is 11.7. The number of rotatable bonds is 13. The Hall–Kier alpha value is -6.68. The van der Waals surface area contributed by atoms with Gasteiger partial charge >= 0.3 is 0 Å². The van der Waals surface area contributed by atoms with Crippen LogP contribution in [0.2, 0.25) is 0 Å². The highest BCUT2D eigenvalue weighted by molar-refractivity contribution is 7.95. The average Bonchev–Trinajstić information content (AvgIpc) is 3.40. The lowest BCUT2D eigenvalue weighted by Crippen LogP contribution is -2.32. The largest absolute Gasteiger partial charge is 0.724 e. The van der Waals surface area contributed by atoms with Crippen LogP contribution in [-0.2, 0) is 41.8 Å². The molecule has 0 atom stereocenters. The zero-order valence-electron chi connectivity index (χ0n) is 37.8. The summed E-state index contributed by atoms with van der Waals surface area (Å²) < 4.78 is 61.5. The van der Waals surface area contributed by atoms with Gasteiger partial charge in [0, 0.05) is 0 Å². The van der Waals surface area contributed by atoms with Crippen LogP contribution in [0.1, 0.15) is 11.1 Å². The van der Waals surface area contributed by atoms with Gasteiger partial charge in [0.2, 0.25) is 20.8 Å². The molecule has 0 radical (unpaired) electrons. The third-order valence-electron chi connectivity index (χ3n) is 12.0. The van der Waals surface area contributed by atoms with E-state index < -0.39 is 35.3 Å². The molecule has 0 saturated carbocycles. The highest BCUT2D eigenvalue weighted by Crippen LogP contribution is 2.60. The van der Waals surface area contributed by atoms with Crippen LogP contribution < -0.4 is 31.8 Å². The van der Waals surface area contributed by atoms with Gasteiger partial charge in [-0.3, -0.25) is 0 Å². The molecule has 350 valence electrons. The maximum absolute atomic E-state index is 9.37. The fourth-order valence-corrected chi connectivity index (χ4v) is 18.1.